The summed E-state index contributed by atoms with van der Waals surface area (Å²) in [6.07, 6.45) is -0.273. The Labute approximate surface area is 140 Å². The number of likely N-dealkylation sites (tertiary alicyclic amines) is 1. The van der Waals surface area contributed by atoms with E-state index >= 15 is 0 Å². The molecule has 0 spiro atoms. The molecule has 0 bridgehead atoms. The number of aliphatic carboxylic acids is 1. The van der Waals surface area contributed by atoms with Gasteiger partial charge in [0.15, 0.2) is 0 Å². The lowest BCUT2D eigenvalue weighted by Crippen LogP contribution is -2.32. The van der Waals surface area contributed by atoms with Crippen molar-refractivity contribution in [3.8, 4) is 0 Å². The van der Waals surface area contributed by atoms with Gasteiger partial charge in [0.1, 0.15) is 11.7 Å². The third-order valence-corrected chi connectivity index (χ3v) is 4.34. The van der Waals surface area contributed by atoms with E-state index < -0.39 is 29.6 Å². The molecule has 0 radical (unpaired) electrons. The predicted octanol–water partition coefficient (Wildman–Crippen LogP) is 1.42. The summed E-state index contributed by atoms with van der Waals surface area (Å²) in [6, 6.07) is 6.41. The summed E-state index contributed by atoms with van der Waals surface area (Å²) >= 11 is 2.12. The fraction of sp³-hybridized carbons (Fsp3) is 0.333. The molecule has 6 nitrogen and oxygen atoms in total. The van der Waals surface area contributed by atoms with Crippen LogP contribution >= 0.6 is 22.6 Å². The van der Waals surface area contributed by atoms with Crippen LogP contribution in [0.4, 0.5) is 0 Å². The molecule has 0 saturated carbocycles. The van der Waals surface area contributed by atoms with Crippen molar-refractivity contribution in [3.05, 3.63) is 33.4 Å². The number of ketones is 2. The zero-order valence-corrected chi connectivity index (χ0v) is 13.9. The lowest BCUT2D eigenvalue weighted by atomic mass is 9.90. The fourth-order valence-electron chi connectivity index (χ4n) is 2.62. The van der Waals surface area contributed by atoms with E-state index in [0.29, 0.717) is 5.56 Å². The van der Waals surface area contributed by atoms with Gasteiger partial charge in [0.05, 0.1) is 12.5 Å². The Morgan fingerprint density at radius 1 is 1.23 bits per heavy atom. The first kappa shape index (κ1) is 16.6. The van der Waals surface area contributed by atoms with Crippen molar-refractivity contribution < 1.29 is 24.3 Å². The van der Waals surface area contributed by atoms with E-state index in [2.05, 4.69) is 22.6 Å². The zero-order chi connectivity index (χ0) is 16.4. The third kappa shape index (κ3) is 3.18. The van der Waals surface area contributed by atoms with E-state index in [1.54, 1.807) is 12.1 Å². The van der Waals surface area contributed by atoms with Gasteiger partial charge in [-0.1, -0.05) is 12.1 Å². The van der Waals surface area contributed by atoms with Crippen LogP contribution in [-0.2, 0) is 19.2 Å². The standard InChI is InChI=1S/C15H14INO5/c1-8(18)12-13(9-2-4-10(16)5-3-9)17(7-6-11(19)20)15(22)14(12)21/h2-5,12-13H,6-7H2,1H3,(H,19,20). The van der Waals surface area contributed by atoms with Crippen LogP contribution in [0.25, 0.3) is 0 Å². The number of carbonyl (C=O) groups is 4. The van der Waals surface area contributed by atoms with E-state index in [4.69, 9.17) is 5.11 Å². The van der Waals surface area contributed by atoms with Crippen molar-refractivity contribution in [1.29, 1.82) is 0 Å². The Bertz CT molecular complexity index is 640. The predicted molar refractivity (Wildman–Crippen MR) is 85.0 cm³/mol. The van der Waals surface area contributed by atoms with Gasteiger partial charge >= 0.3 is 5.97 Å². The number of rotatable bonds is 5. The molecule has 1 aromatic rings. The first-order chi connectivity index (χ1) is 10.3. The lowest BCUT2D eigenvalue weighted by molar-refractivity contribution is -0.143. The molecule has 116 valence electrons. The minimum absolute atomic E-state index is 0.0969. The number of carbonyl (C=O) groups excluding carboxylic acids is 3. The number of hydrogen-bond acceptors (Lipinski definition) is 4. The van der Waals surface area contributed by atoms with Crippen LogP contribution in [0.2, 0.25) is 0 Å². The van der Waals surface area contributed by atoms with Gasteiger partial charge in [-0.15, -0.1) is 0 Å². The molecule has 1 saturated heterocycles. The molecular formula is C15H14INO5. The summed E-state index contributed by atoms with van der Waals surface area (Å²) in [6.45, 7) is 1.18. The number of halogens is 1. The number of nitrogens with zero attached hydrogens (tertiary/aromatic N) is 1. The first-order valence-corrected chi connectivity index (χ1v) is 7.73. The first-order valence-electron chi connectivity index (χ1n) is 6.65. The fourth-order valence-corrected chi connectivity index (χ4v) is 2.98. The number of benzene rings is 1. The van der Waals surface area contributed by atoms with Gasteiger partial charge in [-0.3, -0.25) is 19.2 Å². The highest BCUT2D eigenvalue weighted by molar-refractivity contribution is 14.1. The Morgan fingerprint density at radius 3 is 2.32 bits per heavy atom. The molecule has 0 aromatic heterocycles. The van der Waals surface area contributed by atoms with Crippen LogP contribution in [0, 0.1) is 9.49 Å². The SMILES string of the molecule is CC(=O)C1C(=O)C(=O)N(CCC(=O)O)C1c1ccc(I)cc1. The van der Waals surface area contributed by atoms with Gasteiger partial charge in [0.25, 0.3) is 5.91 Å². The Morgan fingerprint density at radius 2 is 1.82 bits per heavy atom. The maximum absolute atomic E-state index is 12.1. The Hall–Kier alpha value is -1.77. The number of amides is 1. The highest BCUT2D eigenvalue weighted by atomic mass is 127. The number of carboxylic acid groups (broad SMARTS) is 1. The molecule has 1 aliphatic heterocycles. The molecular weight excluding hydrogens is 401 g/mol. The van der Waals surface area contributed by atoms with Gasteiger partial charge in [-0.25, -0.2) is 0 Å². The van der Waals surface area contributed by atoms with Gasteiger partial charge < -0.3 is 10.0 Å². The molecule has 2 atom stereocenters. The van der Waals surface area contributed by atoms with E-state index in [-0.39, 0.29) is 18.7 Å². The molecule has 1 amide bonds. The number of hydrogen-bond donors (Lipinski definition) is 1. The number of carboxylic acids is 1. The van der Waals surface area contributed by atoms with Gasteiger partial charge in [-0.05, 0) is 47.2 Å². The molecule has 1 fully saturated rings. The van der Waals surface area contributed by atoms with Crippen LogP contribution in [0.1, 0.15) is 24.9 Å². The van der Waals surface area contributed by atoms with Crippen LogP contribution in [-0.4, -0.2) is 40.0 Å². The smallest absolute Gasteiger partial charge is 0.305 e. The maximum Gasteiger partial charge on any atom is 0.305 e. The topological polar surface area (TPSA) is 91.8 Å². The van der Waals surface area contributed by atoms with Crippen molar-refractivity contribution in [1.82, 2.24) is 4.90 Å². The Balaban J connectivity index is 2.42. The molecule has 1 aromatic carbocycles. The minimum Gasteiger partial charge on any atom is -0.481 e. The van der Waals surface area contributed by atoms with Crippen LogP contribution in [0.15, 0.2) is 24.3 Å². The van der Waals surface area contributed by atoms with Crippen molar-refractivity contribution in [2.45, 2.75) is 19.4 Å². The van der Waals surface area contributed by atoms with Crippen LogP contribution in [0.3, 0.4) is 0 Å². The molecule has 2 rings (SSSR count). The summed E-state index contributed by atoms with van der Waals surface area (Å²) < 4.78 is 0.980. The normalized spacial score (nSPS) is 21.3. The third-order valence-electron chi connectivity index (χ3n) is 3.62. The van der Waals surface area contributed by atoms with E-state index in [9.17, 15) is 19.2 Å². The molecule has 1 N–H and O–H groups in total. The summed E-state index contributed by atoms with van der Waals surface area (Å²) in [7, 11) is 0. The van der Waals surface area contributed by atoms with Crippen LogP contribution in [0.5, 0.6) is 0 Å². The van der Waals surface area contributed by atoms with Crippen molar-refractivity contribution in [3.63, 3.8) is 0 Å². The molecule has 22 heavy (non-hydrogen) atoms. The van der Waals surface area contributed by atoms with Crippen molar-refractivity contribution in [2.75, 3.05) is 6.54 Å². The number of Topliss-reactive ketones (excluding diaryl/α,β-unsaturated/α-hetero) is 2. The Kier molecular flexibility index (Phi) is 4.94. The molecule has 2 unspecified atom stereocenters. The summed E-state index contributed by atoms with van der Waals surface area (Å²) in [5.74, 6) is -4.07. The van der Waals surface area contributed by atoms with Crippen molar-refractivity contribution >= 4 is 46.0 Å². The monoisotopic (exact) mass is 415 g/mol. The molecule has 0 aliphatic carbocycles. The average molecular weight is 415 g/mol. The summed E-state index contributed by atoms with van der Waals surface area (Å²) in [5.41, 5.74) is 0.658. The summed E-state index contributed by atoms with van der Waals surface area (Å²) in [4.78, 5) is 48.0. The highest BCUT2D eigenvalue weighted by Gasteiger charge is 2.50. The second-order valence-electron chi connectivity index (χ2n) is 5.09. The van der Waals surface area contributed by atoms with Gasteiger partial charge in [-0.2, -0.15) is 0 Å². The maximum atomic E-state index is 12.1. The van der Waals surface area contributed by atoms with E-state index in [0.717, 1.165) is 3.57 Å². The largest absolute Gasteiger partial charge is 0.481 e. The summed E-state index contributed by atoms with van der Waals surface area (Å²) in [5, 5.41) is 8.80. The zero-order valence-electron chi connectivity index (χ0n) is 11.8. The van der Waals surface area contributed by atoms with Gasteiger partial charge in [0.2, 0.25) is 5.78 Å². The average Bonchev–Trinajstić information content (AvgIpc) is 2.70. The molecule has 7 heteroatoms. The quantitative estimate of drug-likeness (QED) is 0.446. The second-order valence-corrected chi connectivity index (χ2v) is 6.34. The molecule has 1 heterocycles. The van der Waals surface area contributed by atoms with E-state index in [1.165, 1.54) is 11.8 Å². The van der Waals surface area contributed by atoms with E-state index in [1.807, 2.05) is 12.1 Å². The van der Waals surface area contributed by atoms with Crippen LogP contribution < -0.4 is 0 Å². The second kappa shape index (κ2) is 6.55. The lowest BCUT2D eigenvalue weighted by Gasteiger charge is -2.26. The van der Waals surface area contributed by atoms with Gasteiger partial charge in [0, 0.05) is 10.1 Å². The van der Waals surface area contributed by atoms with Crippen molar-refractivity contribution in [2.24, 2.45) is 5.92 Å². The molecule has 1 aliphatic rings. The highest BCUT2D eigenvalue weighted by Crippen LogP contribution is 2.36. The minimum atomic E-state index is -1.07.